The number of nitrogens with zero attached hydrogens (tertiary/aromatic N) is 1. The van der Waals surface area contributed by atoms with E-state index in [0.29, 0.717) is 0 Å². The first kappa shape index (κ1) is 10.7. The Kier molecular flexibility index (Phi) is 2.89. The third-order valence-electron chi connectivity index (χ3n) is 2.85. The molecule has 3 aromatic rings. The summed E-state index contributed by atoms with van der Waals surface area (Å²) in [6, 6.07) is 25.6. The largest absolute Gasteiger partial charge is 0.256 e. The maximum absolute atomic E-state index is 4.49. The standard InChI is InChI=1S/C17H12N/c1-3-7-14(8-4-1)16-11-12-17(18-13-16)15-9-5-2-6-10-15/h1-10,12-13H. The lowest BCUT2D eigenvalue weighted by atomic mass is 10.1. The first-order chi connectivity index (χ1) is 8.93. The van der Waals surface area contributed by atoms with Crippen molar-refractivity contribution in [1.29, 1.82) is 0 Å². The van der Waals surface area contributed by atoms with Crippen LogP contribution in [0.4, 0.5) is 0 Å². The van der Waals surface area contributed by atoms with Crippen molar-refractivity contribution in [1.82, 2.24) is 4.98 Å². The van der Waals surface area contributed by atoms with Gasteiger partial charge in [-0.15, -0.1) is 0 Å². The van der Waals surface area contributed by atoms with Crippen LogP contribution in [-0.4, -0.2) is 4.98 Å². The van der Waals surface area contributed by atoms with Crippen molar-refractivity contribution in [3.05, 3.63) is 79.0 Å². The zero-order valence-electron chi connectivity index (χ0n) is 9.88. The van der Waals surface area contributed by atoms with Crippen LogP contribution >= 0.6 is 0 Å². The lowest BCUT2D eigenvalue weighted by Crippen LogP contribution is -1.84. The van der Waals surface area contributed by atoms with Crippen molar-refractivity contribution in [2.24, 2.45) is 0 Å². The van der Waals surface area contributed by atoms with E-state index in [4.69, 9.17) is 0 Å². The van der Waals surface area contributed by atoms with Crippen molar-refractivity contribution in [3.8, 4) is 22.4 Å². The first-order valence-electron chi connectivity index (χ1n) is 5.92. The lowest BCUT2D eigenvalue weighted by molar-refractivity contribution is 1.32. The Labute approximate surface area is 107 Å². The number of pyridine rings is 1. The molecule has 85 valence electrons. The molecule has 0 amide bonds. The second kappa shape index (κ2) is 4.84. The van der Waals surface area contributed by atoms with Crippen LogP contribution in [0.1, 0.15) is 0 Å². The molecule has 0 saturated heterocycles. The van der Waals surface area contributed by atoms with E-state index in [9.17, 15) is 0 Å². The second-order valence-electron chi connectivity index (χ2n) is 4.08. The summed E-state index contributed by atoms with van der Waals surface area (Å²) < 4.78 is 0. The zero-order valence-corrected chi connectivity index (χ0v) is 9.88. The summed E-state index contributed by atoms with van der Waals surface area (Å²) in [5.74, 6) is 0. The van der Waals surface area contributed by atoms with Gasteiger partial charge in [0.25, 0.3) is 0 Å². The van der Waals surface area contributed by atoms with Gasteiger partial charge in [-0.3, -0.25) is 4.98 Å². The van der Waals surface area contributed by atoms with Gasteiger partial charge in [-0.2, -0.15) is 0 Å². The smallest absolute Gasteiger partial charge is 0.0708 e. The van der Waals surface area contributed by atoms with Gasteiger partial charge >= 0.3 is 0 Å². The van der Waals surface area contributed by atoms with Crippen molar-refractivity contribution in [2.75, 3.05) is 0 Å². The molecule has 1 heteroatoms. The molecule has 2 aromatic carbocycles. The SMILES string of the molecule is [c]1cc(-c2ccccc2)ncc1-c1ccccc1. The molecule has 1 radical (unpaired) electrons. The highest BCUT2D eigenvalue weighted by Crippen LogP contribution is 2.21. The van der Waals surface area contributed by atoms with Crippen molar-refractivity contribution in [2.45, 2.75) is 0 Å². The van der Waals surface area contributed by atoms with E-state index in [-0.39, 0.29) is 0 Å². The fraction of sp³-hybridized carbons (Fsp3) is 0. The first-order valence-corrected chi connectivity index (χ1v) is 5.92. The summed E-state index contributed by atoms with van der Waals surface area (Å²) >= 11 is 0. The Morgan fingerprint density at radius 2 is 1.33 bits per heavy atom. The molecule has 3 rings (SSSR count). The molecule has 1 aromatic heterocycles. The normalized spacial score (nSPS) is 10.2. The van der Waals surface area contributed by atoms with E-state index in [1.807, 2.05) is 48.7 Å². The minimum absolute atomic E-state index is 0.954. The number of aromatic nitrogens is 1. The molecule has 0 N–H and O–H groups in total. The molecule has 0 aliphatic heterocycles. The molecular formula is C17H12N. The fourth-order valence-electron chi connectivity index (χ4n) is 1.90. The van der Waals surface area contributed by atoms with E-state index >= 15 is 0 Å². The van der Waals surface area contributed by atoms with Gasteiger partial charge in [0, 0.05) is 17.3 Å². The zero-order chi connectivity index (χ0) is 12.2. The van der Waals surface area contributed by atoms with Crippen LogP contribution in [0.15, 0.2) is 72.9 Å². The van der Waals surface area contributed by atoms with Crippen LogP contribution in [0.5, 0.6) is 0 Å². The molecule has 0 fully saturated rings. The second-order valence-corrected chi connectivity index (χ2v) is 4.08. The van der Waals surface area contributed by atoms with Gasteiger partial charge in [-0.25, -0.2) is 0 Å². The molecular weight excluding hydrogens is 218 g/mol. The van der Waals surface area contributed by atoms with Crippen LogP contribution in [0, 0.1) is 6.07 Å². The topological polar surface area (TPSA) is 12.9 Å². The molecule has 0 saturated carbocycles. The Bertz CT molecular complexity index is 554. The van der Waals surface area contributed by atoms with Crippen molar-refractivity contribution >= 4 is 0 Å². The number of hydrogen-bond acceptors (Lipinski definition) is 1. The van der Waals surface area contributed by atoms with E-state index in [1.165, 1.54) is 0 Å². The number of rotatable bonds is 2. The third-order valence-corrected chi connectivity index (χ3v) is 2.85. The Hall–Kier alpha value is -2.41. The lowest BCUT2D eigenvalue weighted by Gasteiger charge is -2.03. The van der Waals surface area contributed by atoms with E-state index in [2.05, 4.69) is 35.3 Å². The average molecular weight is 230 g/mol. The number of hydrogen-bond donors (Lipinski definition) is 0. The van der Waals surface area contributed by atoms with Gasteiger partial charge in [0.15, 0.2) is 0 Å². The maximum Gasteiger partial charge on any atom is 0.0708 e. The maximum atomic E-state index is 4.49. The van der Waals surface area contributed by atoms with Gasteiger partial charge in [0.2, 0.25) is 0 Å². The summed E-state index contributed by atoms with van der Waals surface area (Å²) in [5, 5.41) is 0. The third kappa shape index (κ3) is 2.16. The average Bonchev–Trinajstić information content (AvgIpc) is 2.49. The summed E-state index contributed by atoms with van der Waals surface area (Å²) in [6.07, 6.45) is 1.87. The van der Waals surface area contributed by atoms with Crippen molar-refractivity contribution < 1.29 is 0 Å². The minimum Gasteiger partial charge on any atom is -0.256 e. The van der Waals surface area contributed by atoms with Crippen LogP contribution in [0.25, 0.3) is 22.4 Å². The minimum atomic E-state index is 0.954. The Morgan fingerprint density at radius 3 is 1.89 bits per heavy atom. The van der Waals surface area contributed by atoms with Crippen LogP contribution in [-0.2, 0) is 0 Å². The summed E-state index contributed by atoms with van der Waals surface area (Å²) in [6.45, 7) is 0. The molecule has 18 heavy (non-hydrogen) atoms. The van der Waals surface area contributed by atoms with Gasteiger partial charge < -0.3 is 0 Å². The molecule has 1 heterocycles. The van der Waals surface area contributed by atoms with Gasteiger partial charge in [0.1, 0.15) is 0 Å². The van der Waals surface area contributed by atoms with E-state index in [1.54, 1.807) is 0 Å². The number of benzene rings is 2. The summed E-state index contributed by atoms with van der Waals surface area (Å²) in [7, 11) is 0. The summed E-state index contributed by atoms with van der Waals surface area (Å²) in [4.78, 5) is 4.49. The fourth-order valence-corrected chi connectivity index (χ4v) is 1.90. The predicted octanol–water partition coefficient (Wildman–Crippen LogP) is 4.22. The summed E-state index contributed by atoms with van der Waals surface area (Å²) in [5.41, 5.74) is 4.24. The Morgan fingerprint density at radius 1 is 0.722 bits per heavy atom. The molecule has 0 spiro atoms. The quantitative estimate of drug-likeness (QED) is 0.642. The molecule has 0 aliphatic carbocycles. The van der Waals surface area contributed by atoms with Crippen LogP contribution in [0.2, 0.25) is 0 Å². The van der Waals surface area contributed by atoms with Crippen LogP contribution in [0.3, 0.4) is 0 Å². The molecule has 0 atom stereocenters. The molecule has 0 unspecified atom stereocenters. The monoisotopic (exact) mass is 230 g/mol. The van der Waals surface area contributed by atoms with Crippen molar-refractivity contribution in [3.63, 3.8) is 0 Å². The van der Waals surface area contributed by atoms with Gasteiger partial charge in [-0.05, 0) is 17.7 Å². The molecule has 0 bridgehead atoms. The highest BCUT2D eigenvalue weighted by molar-refractivity contribution is 5.65. The van der Waals surface area contributed by atoms with Gasteiger partial charge in [-0.1, -0.05) is 60.7 Å². The predicted molar refractivity (Wildman–Crippen MR) is 73.9 cm³/mol. The van der Waals surface area contributed by atoms with E-state index in [0.717, 1.165) is 22.4 Å². The Balaban J connectivity index is 1.95. The van der Waals surface area contributed by atoms with Crippen LogP contribution < -0.4 is 0 Å². The molecule has 0 aliphatic rings. The highest BCUT2D eigenvalue weighted by Gasteiger charge is 2.00. The molecule has 1 nitrogen and oxygen atoms in total. The van der Waals surface area contributed by atoms with Gasteiger partial charge in [0.05, 0.1) is 5.69 Å². The highest BCUT2D eigenvalue weighted by atomic mass is 14.7. The van der Waals surface area contributed by atoms with E-state index < -0.39 is 0 Å².